The van der Waals surface area contributed by atoms with Gasteiger partial charge in [-0.25, -0.2) is 4.98 Å². The molecule has 0 radical (unpaired) electrons. The van der Waals surface area contributed by atoms with Crippen molar-refractivity contribution in [2.24, 2.45) is 0 Å². The number of hydrogen-bond acceptors (Lipinski definition) is 3. The molecule has 0 saturated heterocycles. The third-order valence-corrected chi connectivity index (χ3v) is 1.96. The van der Waals surface area contributed by atoms with E-state index in [4.69, 9.17) is 5.11 Å². The molecular weight excluding hydrogens is 184 g/mol. The zero-order valence-electron chi connectivity index (χ0n) is 8.07. The van der Waals surface area contributed by atoms with Gasteiger partial charge in [0, 0.05) is 11.8 Å². The van der Waals surface area contributed by atoms with Crippen molar-refractivity contribution in [3.8, 4) is 0 Å². The van der Waals surface area contributed by atoms with Crippen LogP contribution >= 0.6 is 0 Å². The lowest BCUT2D eigenvalue weighted by atomic mass is 10.1. The Bertz CT molecular complexity index is 397. The monoisotopic (exact) mass is 196 g/mol. The standard InChI is InChI=1S/C9H12N2O3/c1-3-6-4-7(12)11-8(10-6)5(2)9(13)14/h4-5H,3H2,1-2H3,(H,13,14)(H,10,11,12). The van der Waals surface area contributed by atoms with Crippen LogP contribution in [0, 0.1) is 0 Å². The molecule has 1 heterocycles. The van der Waals surface area contributed by atoms with Crippen molar-refractivity contribution in [2.75, 3.05) is 0 Å². The zero-order chi connectivity index (χ0) is 10.7. The summed E-state index contributed by atoms with van der Waals surface area (Å²) in [5.74, 6) is -1.57. The van der Waals surface area contributed by atoms with Gasteiger partial charge in [0.2, 0.25) is 0 Å². The first kappa shape index (κ1) is 10.4. The highest BCUT2D eigenvalue weighted by Gasteiger charge is 2.16. The number of rotatable bonds is 3. The second-order valence-electron chi connectivity index (χ2n) is 3.04. The van der Waals surface area contributed by atoms with Gasteiger partial charge in [-0.2, -0.15) is 0 Å². The molecule has 76 valence electrons. The molecule has 0 fully saturated rings. The maximum Gasteiger partial charge on any atom is 0.313 e. The third kappa shape index (κ3) is 2.18. The van der Waals surface area contributed by atoms with Crippen LogP contribution in [0.5, 0.6) is 0 Å². The van der Waals surface area contributed by atoms with E-state index in [-0.39, 0.29) is 11.4 Å². The van der Waals surface area contributed by atoms with E-state index in [0.717, 1.165) is 0 Å². The summed E-state index contributed by atoms with van der Waals surface area (Å²) < 4.78 is 0. The normalized spacial score (nSPS) is 12.4. The summed E-state index contributed by atoms with van der Waals surface area (Å²) in [6, 6.07) is 1.37. The van der Waals surface area contributed by atoms with E-state index < -0.39 is 11.9 Å². The molecule has 0 spiro atoms. The van der Waals surface area contributed by atoms with Gasteiger partial charge in [0.1, 0.15) is 11.7 Å². The first-order valence-corrected chi connectivity index (χ1v) is 4.37. The van der Waals surface area contributed by atoms with E-state index in [0.29, 0.717) is 12.1 Å². The minimum absolute atomic E-state index is 0.210. The molecule has 1 aromatic heterocycles. The summed E-state index contributed by atoms with van der Waals surface area (Å²) in [7, 11) is 0. The fourth-order valence-corrected chi connectivity index (χ4v) is 1.03. The molecular formula is C9H12N2O3. The van der Waals surface area contributed by atoms with Crippen LogP contribution in [0.4, 0.5) is 0 Å². The summed E-state index contributed by atoms with van der Waals surface area (Å²) in [5.41, 5.74) is 0.303. The fraction of sp³-hybridized carbons (Fsp3) is 0.444. The van der Waals surface area contributed by atoms with Crippen molar-refractivity contribution in [1.82, 2.24) is 9.97 Å². The number of carbonyl (C=O) groups is 1. The van der Waals surface area contributed by atoms with Gasteiger partial charge in [-0.15, -0.1) is 0 Å². The lowest BCUT2D eigenvalue weighted by molar-refractivity contribution is -0.138. The molecule has 5 nitrogen and oxygen atoms in total. The maximum atomic E-state index is 11.1. The lowest BCUT2D eigenvalue weighted by Crippen LogP contribution is -2.18. The molecule has 1 atom stereocenters. The first-order chi connectivity index (χ1) is 6.54. The van der Waals surface area contributed by atoms with Gasteiger partial charge in [0.25, 0.3) is 5.56 Å². The van der Waals surface area contributed by atoms with E-state index in [1.54, 1.807) is 0 Å². The number of nitrogens with zero attached hydrogens (tertiary/aromatic N) is 1. The SMILES string of the molecule is CCc1cc(=O)[nH]c(C(C)C(=O)O)n1. The topological polar surface area (TPSA) is 83.0 Å². The van der Waals surface area contributed by atoms with Gasteiger partial charge >= 0.3 is 5.97 Å². The van der Waals surface area contributed by atoms with Gasteiger partial charge in [0.15, 0.2) is 0 Å². The molecule has 2 N–H and O–H groups in total. The Balaban J connectivity index is 3.15. The number of nitrogens with one attached hydrogen (secondary N) is 1. The predicted molar refractivity (Wildman–Crippen MR) is 50.3 cm³/mol. The average Bonchev–Trinajstić information content (AvgIpc) is 2.15. The van der Waals surface area contributed by atoms with Gasteiger partial charge in [-0.1, -0.05) is 6.92 Å². The number of hydrogen-bond donors (Lipinski definition) is 2. The number of aryl methyl sites for hydroxylation is 1. The van der Waals surface area contributed by atoms with Crippen LogP contribution in [-0.4, -0.2) is 21.0 Å². The lowest BCUT2D eigenvalue weighted by Gasteiger charge is -2.05. The minimum atomic E-state index is -0.999. The van der Waals surface area contributed by atoms with Crippen molar-refractivity contribution >= 4 is 5.97 Å². The zero-order valence-corrected chi connectivity index (χ0v) is 8.07. The molecule has 1 rings (SSSR count). The largest absolute Gasteiger partial charge is 0.481 e. The Morgan fingerprint density at radius 3 is 2.86 bits per heavy atom. The van der Waals surface area contributed by atoms with Gasteiger partial charge < -0.3 is 10.1 Å². The number of aliphatic carboxylic acids is 1. The molecule has 1 aromatic rings. The number of carboxylic acid groups (broad SMARTS) is 1. The Kier molecular flexibility index (Phi) is 3.01. The van der Waals surface area contributed by atoms with E-state index >= 15 is 0 Å². The smallest absolute Gasteiger partial charge is 0.313 e. The van der Waals surface area contributed by atoms with Gasteiger partial charge in [-0.05, 0) is 13.3 Å². The number of aromatic nitrogens is 2. The van der Waals surface area contributed by atoms with Crippen LogP contribution in [0.2, 0.25) is 0 Å². The molecule has 0 saturated carbocycles. The van der Waals surface area contributed by atoms with E-state index in [1.807, 2.05) is 6.92 Å². The minimum Gasteiger partial charge on any atom is -0.481 e. The Morgan fingerprint density at radius 2 is 2.36 bits per heavy atom. The molecule has 5 heteroatoms. The van der Waals surface area contributed by atoms with Crippen molar-refractivity contribution in [2.45, 2.75) is 26.2 Å². The number of H-pyrrole nitrogens is 1. The van der Waals surface area contributed by atoms with Crippen molar-refractivity contribution < 1.29 is 9.90 Å². The molecule has 0 aliphatic heterocycles. The Hall–Kier alpha value is -1.65. The van der Waals surface area contributed by atoms with Crippen LogP contribution in [0.15, 0.2) is 10.9 Å². The molecule has 14 heavy (non-hydrogen) atoms. The molecule has 0 amide bonds. The average molecular weight is 196 g/mol. The molecule has 0 aliphatic rings. The molecule has 1 unspecified atom stereocenters. The van der Waals surface area contributed by atoms with E-state index in [9.17, 15) is 9.59 Å². The van der Waals surface area contributed by atoms with E-state index in [1.165, 1.54) is 13.0 Å². The fourth-order valence-electron chi connectivity index (χ4n) is 1.03. The molecule has 0 aromatic carbocycles. The quantitative estimate of drug-likeness (QED) is 0.738. The maximum absolute atomic E-state index is 11.1. The highest BCUT2D eigenvalue weighted by molar-refractivity contribution is 5.74. The second-order valence-corrected chi connectivity index (χ2v) is 3.04. The van der Waals surface area contributed by atoms with Gasteiger partial charge in [0.05, 0.1) is 0 Å². The number of carboxylic acids is 1. The highest BCUT2D eigenvalue weighted by Crippen LogP contribution is 2.08. The molecule has 0 bridgehead atoms. The van der Waals surface area contributed by atoms with Gasteiger partial charge in [-0.3, -0.25) is 9.59 Å². The summed E-state index contributed by atoms with van der Waals surface area (Å²) in [6.45, 7) is 3.34. The molecule has 0 aliphatic carbocycles. The third-order valence-electron chi connectivity index (χ3n) is 1.96. The van der Waals surface area contributed by atoms with Crippen molar-refractivity contribution in [3.63, 3.8) is 0 Å². The van der Waals surface area contributed by atoms with Crippen LogP contribution in [0.1, 0.15) is 31.3 Å². The first-order valence-electron chi connectivity index (χ1n) is 4.37. The van der Waals surface area contributed by atoms with Crippen LogP contribution in [0.25, 0.3) is 0 Å². The second kappa shape index (κ2) is 4.04. The van der Waals surface area contributed by atoms with E-state index in [2.05, 4.69) is 9.97 Å². The highest BCUT2D eigenvalue weighted by atomic mass is 16.4. The predicted octanol–water partition coefficient (Wildman–Crippen LogP) is 0.520. The Morgan fingerprint density at radius 1 is 1.71 bits per heavy atom. The summed E-state index contributed by atoms with van der Waals surface area (Å²) in [6.07, 6.45) is 0.614. The van der Waals surface area contributed by atoms with Crippen LogP contribution < -0.4 is 5.56 Å². The van der Waals surface area contributed by atoms with Crippen molar-refractivity contribution in [1.29, 1.82) is 0 Å². The summed E-state index contributed by atoms with van der Waals surface area (Å²) >= 11 is 0. The Labute approximate surface area is 80.8 Å². The summed E-state index contributed by atoms with van der Waals surface area (Å²) in [4.78, 5) is 28.2. The van der Waals surface area contributed by atoms with Crippen molar-refractivity contribution in [3.05, 3.63) is 27.9 Å². The number of aromatic amines is 1. The van der Waals surface area contributed by atoms with Crippen LogP contribution in [0.3, 0.4) is 0 Å². The van der Waals surface area contributed by atoms with Crippen LogP contribution in [-0.2, 0) is 11.2 Å². The summed E-state index contributed by atoms with van der Waals surface area (Å²) in [5, 5.41) is 8.73.